The van der Waals surface area contributed by atoms with E-state index in [-0.39, 0.29) is 18.4 Å². The Morgan fingerprint density at radius 1 is 1.39 bits per heavy atom. The van der Waals surface area contributed by atoms with Crippen LogP contribution in [0.25, 0.3) is 0 Å². The van der Waals surface area contributed by atoms with Crippen molar-refractivity contribution in [2.24, 2.45) is 0 Å². The van der Waals surface area contributed by atoms with E-state index in [0.717, 1.165) is 12.5 Å². The second-order valence-electron chi connectivity index (χ2n) is 4.27. The molecule has 0 radical (unpaired) electrons. The van der Waals surface area contributed by atoms with Crippen LogP contribution in [-0.2, 0) is 4.79 Å². The molecule has 0 unspecified atom stereocenters. The average Bonchev–Trinajstić information content (AvgIpc) is 2.52. The van der Waals surface area contributed by atoms with Gasteiger partial charge in [-0.1, -0.05) is 0 Å². The van der Waals surface area contributed by atoms with Crippen molar-refractivity contribution in [3.8, 4) is 0 Å². The van der Waals surface area contributed by atoms with Crippen LogP contribution in [0.3, 0.4) is 0 Å². The smallest absolute Gasteiger partial charge is 0.255 e. The minimum absolute atomic E-state index is 0.0622. The molecule has 0 aliphatic carbocycles. The third-order valence-electron chi connectivity index (χ3n) is 2.93. The van der Waals surface area contributed by atoms with E-state index >= 15 is 0 Å². The predicted molar refractivity (Wildman–Crippen MR) is 62.4 cm³/mol. The van der Waals surface area contributed by atoms with Gasteiger partial charge in [-0.2, -0.15) is 4.39 Å². The highest BCUT2D eigenvalue weighted by molar-refractivity contribution is 5.96. The molecule has 0 bridgehead atoms. The molecule has 6 heteroatoms. The van der Waals surface area contributed by atoms with Crippen LogP contribution in [0.5, 0.6) is 0 Å². The second-order valence-corrected chi connectivity index (χ2v) is 4.27. The van der Waals surface area contributed by atoms with E-state index in [0.29, 0.717) is 18.7 Å². The first-order chi connectivity index (χ1) is 8.58. The number of rotatable bonds is 1. The van der Waals surface area contributed by atoms with Gasteiger partial charge in [0.2, 0.25) is 11.9 Å². The summed E-state index contributed by atoms with van der Waals surface area (Å²) < 4.78 is 12.7. The van der Waals surface area contributed by atoms with Crippen molar-refractivity contribution in [1.82, 2.24) is 14.8 Å². The maximum absolute atomic E-state index is 12.7. The summed E-state index contributed by atoms with van der Waals surface area (Å²) in [6, 6.07) is 2.52. The van der Waals surface area contributed by atoms with Crippen LogP contribution in [0.1, 0.15) is 16.8 Å². The lowest BCUT2D eigenvalue weighted by Crippen LogP contribution is -2.38. The van der Waals surface area contributed by atoms with Crippen molar-refractivity contribution in [2.75, 3.05) is 26.7 Å². The van der Waals surface area contributed by atoms with Gasteiger partial charge in [0.15, 0.2) is 0 Å². The maximum Gasteiger partial charge on any atom is 0.255 e. The SMILES string of the molecule is CN1CCCN(C(=O)c2ccc(F)nc2)CC1=O. The van der Waals surface area contributed by atoms with E-state index in [1.54, 1.807) is 11.9 Å². The van der Waals surface area contributed by atoms with Crippen LogP contribution in [0.4, 0.5) is 4.39 Å². The van der Waals surface area contributed by atoms with Gasteiger partial charge >= 0.3 is 0 Å². The molecule has 1 fully saturated rings. The fourth-order valence-electron chi connectivity index (χ4n) is 1.84. The number of amides is 2. The molecular formula is C12H14FN3O2. The van der Waals surface area contributed by atoms with Gasteiger partial charge in [-0.25, -0.2) is 4.98 Å². The van der Waals surface area contributed by atoms with Crippen LogP contribution in [0.2, 0.25) is 0 Å². The van der Waals surface area contributed by atoms with Crippen LogP contribution < -0.4 is 0 Å². The van der Waals surface area contributed by atoms with E-state index in [1.807, 2.05) is 0 Å². The molecule has 1 aromatic rings. The van der Waals surface area contributed by atoms with Crippen molar-refractivity contribution >= 4 is 11.8 Å². The molecule has 2 rings (SSSR count). The fraction of sp³-hybridized carbons (Fsp3) is 0.417. The molecule has 0 N–H and O–H groups in total. The van der Waals surface area contributed by atoms with Crippen molar-refractivity contribution < 1.29 is 14.0 Å². The van der Waals surface area contributed by atoms with Gasteiger partial charge in [-0.15, -0.1) is 0 Å². The molecule has 1 saturated heterocycles. The number of hydrogen-bond donors (Lipinski definition) is 0. The van der Waals surface area contributed by atoms with E-state index in [4.69, 9.17) is 0 Å². The molecule has 2 heterocycles. The van der Waals surface area contributed by atoms with Gasteiger partial charge < -0.3 is 9.80 Å². The highest BCUT2D eigenvalue weighted by Gasteiger charge is 2.23. The molecule has 0 atom stereocenters. The predicted octanol–water partition coefficient (Wildman–Crippen LogP) is 0.525. The first-order valence-corrected chi connectivity index (χ1v) is 5.73. The number of carbonyl (C=O) groups excluding carboxylic acids is 2. The number of nitrogens with zero attached hydrogens (tertiary/aromatic N) is 3. The van der Waals surface area contributed by atoms with Crippen molar-refractivity contribution in [3.05, 3.63) is 29.8 Å². The molecule has 2 amide bonds. The fourth-order valence-corrected chi connectivity index (χ4v) is 1.84. The number of pyridine rings is 1. The van der Waals surface area contributed by atoms with Crippen LogP contribution in [0, 0.1) is 5.95 Å². The summed E-state index contributed by atoms with van der Waals surface area (Å²) in [5.41, 5.74) is 0.300. The highest BCUT2D eigenvalue weighted by Crippen LogP contribution is 2.09. The Balaban J connectivity index is 2.13. The summed E-state index contributed by atoms with van der Waals surface area (Å²) in [6.45, 7) is 1.23. The van der Waals surface area contributed by atoms with E-state index in [9.17, 15) is 14.0 Å². The summed E-state index contributed by atoms with van der Waals surface area (Å²) in [5, 5.41) is 0. The second kappa shape index (κ2) is 5.12. The minimum atomic E-state index is -0.627. The van der Waals surface area contributed by atoms with Gasteiger partial charge in [0.05, 0.1) is 5.56 Å². The van der Waals surface area contributed by atoms with Gasteiger partial charge in [-0.05, 0) is 18.6 Å². The van der Waals surface area contributed by atoms with Gasteiger partial charge in [0, 0.05) is 26.3 Å². The Bertz CT molecular complexity index is 461. The number of aromatic nitrogens is 1. The molecule has 18 heavy (non-hydrogen) atoms. The van der Waals surface area contributed by atoms with Crippen LogP contribution in [-0.4, -0.2) is 53.3 Å². The number of likely N-dealkylation sites (N-methyl/N-ethyl adjacent to an activating group) is 1. The summed E-state index contributed by atoms with van der Waals surface area (Å²) in [7, 11) is 1.72. The molecule has 0 spiro atoms. The zero-order valence-electron chi connectivity index (χ0n) is 10.1. The Labute approximate surface area is 104 Å². The molecule has 1 aliphatic rings. The largest absolute Gasteiger partial charge is 0.344 e. The number of hydrogen-bond acceptors (Lipinski definition) is 3. The third-order valence-corrected chi connectivity index (χ3v) is 2.93. The molecule has 96 valence electrons. The van der Waals surface area contributed by atoms with E-state index < -0.39 is 5.95 Å². The van der Waals surface area contributed by atoms with E-state index in [2.05, 4.69) is 4.98 Å². The Kier molecular flexibility index (Phi) is 3.55. The van der Waals surface area contributed by atoms with Crippen molar-refractivity contribution in [1.29, 1.82) is 0 Å². The lowest BCUT2D eigenvalue weighted by Gasteiger charge is -2.19. The summed E-state index contributed by atoms with van der Waals surface area (Å²) in [6.07, 6.45) is 1.93. The lowest BCUT2D eigenvalue weighted by atomic mass is 10.2. The van der Waals surface area contributed by atoms with Crippen molar-refractivity contribution in [2.45, 2.75) is 6.42 Å². The van der Waals surface area contributed by atoms with E-state index in [1.165, 1.54) is 17.2 Å². The molecule has 0 saturated carbocycles. The Morgan fingerprint density at radius 3 is 2.83 bits per heavy atom. The van der Waals surface area contributed by atoms with Gasteiger partial charge in [0.25, 0.3) is 5.91 Å². The monoisotopic (exact) mass is 251 g/mol. The highest BCUT2D eigenvalue weighted by atomic mass is 19.1. The summed E-state index contributed by atoms with van der Waals surface area (Å²) in [5.74, 6) is -1.000. The van der Waals surface area contributed by atoms with Gasteiger partial charge in [0.1, 0.15) is 6.54 Å². The summed E-state index contributed by atoms with van der Waals surface area (Å²) >= 11 is 0. The molecule has 5 nitrogen and oxygen atoms in total. The minimum Gasteiger partial charge on any atom is -0.344 e. The number of carbonyl (C=O) groups is 2. The zero-order valence-corrected chi connectivity index (χ0v) is 10.1. The quantitative estimate of drug-likeness (QED) is 0.684. The molecule has 1 aliphatic heterocycles. The first-order valence-electron chi connectivity index (χ1n) is 5.73. The first kappa shape index (κ1) is 12.5. The standard InChI is InChI=1S/C12H14FN3O2/c1-15-5-2-6-16(8-11(15)17)12(18)9-3-4-10(13)14-7-9/h3-4,7H,2,5-6,8H2,1H3. The van der Waals surface area contributed by atoms with Crippen LogP contribution in [0.15, 0.2) is 18.3 Å². The molecular weight excluding hydrogens is 237 g/mol. The third kappa shape index (κ3) is 2.64. The number of halogens is 1. The Morgan fingerprint density at radius 2 is 2.17 bits per heavy atom. The van der Waals surface area contributed by atoms with Crippen molar-refractivity contribution in [3.63, 3.8) is 0 Å². The molecule has 0 aromatic carbocycles. The van der Waals surface area contributed by atoms with Crippen LogP contribution >= 0.6 is 0 Å². The zero-order chi connectivity index (χ0) is 13.1. The molecule has 1 aromatic heterocycles. The summed E-state index contributed by atoms with van der Waals surface area (Å²) in [4.78, 5) is 30.3. The topological polar surface area (TPSA) is 53.5 Å². The normalized spacial score (nSPS) is 16.7. The van der Waals surface area contributed by atoms with Gasteiger partial charge in [-0.3, -0.25) is 9.59 Å². The lowest BCUT2D eigenvalue weighted by molar-refractivity contribution is -0.129. The maximum atomic E-state index is 12.7. The Hall–Kier alpha value is -1.98. The average molecular weight is 251 g/mol.